The number of aromatic nitrogens is 4. The van der Waals surface area contributed by atoms with Crippen molar-refractivity contribution in [3.63, 3.8) is 0 Å². The molecule has 0 radical (unpaired) electrons. The zero-order valence-electron chi connectivity index (χ0n) is 20.3. The largest absolute Gasteiger partial charge is 0.368 e. The number of allylic oxidation sites excluding steroid dienone is 5. The minimum Gasteiger partial charge on any atom is -0.368 e. The van der Waals surface area contributed by atoms with Crippen LogP contribution in [0.2, 0.25) is 5.02 Å². The molecule has 1 aliphatic rings. The van der Waals surface area contributed by atoms with E-state index < -0.39 is 5.54 Å². The monoisotopic (exact) mass is 525 g/mol. The van der Waals surface area contributed by atoms with Gasteiger partial charge in [-0.15, -0.1) is 0 Å². The number of benzene rings is 1. The lowest BCUT2D eigenvalue weighted by atomic mass is 9.86. The Balaban J connectivity index is 1.85. The van der Waals surface area contributed by atoms with E-state index in [0.717, 1.165) is 11.3 Å². The molecule has 0 unspecified atom stereocenters. The maximum Gasteiger partial charge on any atom is 0.237 e. The van der Waals surface area contributed by atoms with Crippen molar-refractivity contribution in [2.24, 2.45) is 5.73 Å². The first kappa shape index (κ1) is 25.9. The number of amides is 1. The number of nitrogens with two attached hydrogens (primary N) is 1. The number of anilines is 1. The maximum absolute atomic E-state index is 12.2. The smallest absolute Gasteiger partial charge is 0.237 e. The Morgan fingerprint density at radius 1 is 1.25 bits per heavy atom. The van der Waals surface area contributed by atoms with E-state index in [1.54, 1.807) is 6.08 Å². The first-order chi connectivity index (χ1) is 17.3. The molecule has 0 bridgehead atoms. The SMILES string of the molecule is C=C(Cl)/C=C\C(=C/C)n1c(-c2ccccc2Cl)nc2c(N3CCC(NCC)(C(N)=O)CC3)ncnc21. The number of fused-ring (bicyclic) bond motifs is 1. The van der Waals surface area contributed by atoms with Gasteiger partial charge in [0.25, 0.3) is 0 Å². The summed E-state index contributed by atoms with van der Waals surface area (Å²) in [4.78, 5) is 28.6. The molecule has 1 amide bonds. The van der Waals surface area contributed by atoms with Gasteiger partial charge in [-0.2, -0.15) is 0 Å². The molecule has 1 saturated heterocycles. The van der Waals surface area contributed by atoms with Crippen molar-refractivity contribution in [3.8, 4) is 11.4 Å². The second-order valence-electron chi connectivity index (χ2n) is 8.58. The average Bonchev–Trinajstić information content (AvgIpc) is 3.24. The van der Waals surface area contributed by atoms with Crippen LogP contribution in [0.3, 0.4) is 0 Å². The van der Waals surface area contributed by atoms with Gasteiger partial charge in [-0.05, 0) is 50.6 Å². The van der Waals surface area contributed by atoms with E-state index in [0.29, 0.717) is 65.3 Å². The summed E-state index contributed by atoms with van der Waals surface area (Å²) in [6.07, 6.45) is 8.19. The van der Waals surface area contributed by atoms with E-state index in [2.05, 4.69) is 26.8 Å². The summed E-state index contributed by atoms with van der Waals surface area (Å²) in [5, 5.41) is 4.26. The third kappa shape index (κ3) is 4.89. The van der Waals surface area contributed by atoms with Crippen LogP contribution in [0.25, 0.3) is 28.2 Å². The lowest BCUT2D eigenvalue weighted by Crippen LogP contribution is -2.61. The van der Waals surface area contributed by atoms with Gasteiger partial charge in [0.2, 0.25) is 5.91 Å². The Labute approximate surface area is 220 Å². The first-order valence-corrected chi connectivity index (χ1v) is 12.5. The molecule has 3 aromatic rings. The number of hydrogen-bond donors (Lipinski definition) is 2. The van der Waals surface area contributed by atoms with Gasteiger partial charge in [0.15, 0.2) is 17.0 Å². The highest BCUT2D eigenvalue weighted by Gasteiger charge is 2.40. The molecule has 188 valence electrons. The van der Waals surface area contributed by atoms with Crippen LogP contribution in [0.1, 0.15) is 26.7 Å². The molecule has 36 heavy (non-hydrogen) atoms. The number of likely N-dealkylation sites (N-methyl/N-ethyl adjacent to an activating group) is 1. The predicted molar refractivity (Wildman–Crippen MR) is 147 cm³/mol. The number of carbonyl (C=O) groups excluding carboxylic acids is 1. The molecule has 0 saturated carbocycles. The topological polar surface area (TPSA) is 102 Å². The molecular formula is C26H29Cl2N7O. The molecule has 3 N–H and O–H groups in total. The van der Waals surface area contributed by atoms with Crippen molar-refractivity contribution < 1.29 is 4.79 Å². The van der Waals surface area contributed by atoms with Gasteiger partial charge in [-0.25, -0.2) is 15.0 Å². The van der Waals surface area contributed by atoms with E-state index in [1.165, 1.54) is 6.33 Å². The highest BCUT2D eigenvalue weighted by molar-refractivity contribution is 6.33. The molecule has 10 heteroatoms. The van der Waals surface area contributed by atoms with Crippen molar-refractivity contribution >= 4 is 51.8 Å². The average molecular weight is 526 g/mol. The van der Waals surface area contributed by atoms with Gasteiger partial charge in [-0.3, -0.25) is 9.36 Å². The number of nitrogens with zero attached hydrogens (tertiary/aromatic N) is 5. The fourth-order valence-electron chi connectivity index (χ4n) is 4.60. The Morgan fingerprint density at radius 3 is 2.58 bits per heavy atom. The summed E-state index contributed by atoms with van der Waals surface area (Å²) in [6.45, 7) is 9.51. The molecule has 3 heterocycles. The second kappa shape index (κ2) is 10.8. The summed E-state index contributed by atoms with van der Waals surface area (Å²) < 4.78 is 1.94. The highest BCUT2D eigenvalue weighted by atomic mass is 35.5. The van der Waals surface area contributed by atoms with Crippen LogP contribution < -0.4 is 16.0 Å². The summed E-state index contributed by atoms with van der Waals surface area (Å²) in [5.41, 5.74) is 7.88. The Bertz CT molecular complexity index is 1350. The Hall–Kier alpha value is -3.20. The summed E-state index contributed by atoms with van der Waals surface area (Å²) >= 11 is 12.6. The molecule has 0 spiro atoms. The summed E-state index contributed by atoms with van der Waals surface area (Å²) in [6, 6.07) is 7.54. The maximum atomic E-state index is 12.2. The van der Waals surface area contributed by atoms with Crippen LogP contribution in [-0.4, -0.2) is 50.6 Å². The number of carbonyl (C=O) groups is 1. The van der Waals surface area contributed by atoms with Gasteiger partial charge in [0, 0.05) is 29.4 Å². The number of nitrogens with one attached hydrogen (secondary N) is 1. The number of imidazole rings is 1. The van der Waals surface area contributed by atoms with Gasteiger partial charge >= 0.3 is 0 Å². The lowest BCUT2D eigenvalue weighted by Gasteiger charge is -2.40. The third-order valence-corrected chi connectivity index (χ3v) is 6.89. The summed E-state index contributed by atoms with van der Waals surface area (Å²) in [7, 11) is 0. The minimum atomic E-state index is -0.716. The van der Waals surface area contributed by atoms with Gasteiger partial charge in [0.1, 0.15) is 17.7 Å². The van der Waals surface area contributed by atoms with Gasteiger partial charge < -0.3 is 16.0 Å². The number of halogens is 2. The third-order valence-electron chi connectivity index (χ3n) is 6.43. The number of piperidine rings is 1. The van der Waals surface area contributed by atoms with Crippen LogP contribution in [0.5, 0.6) is 0 Å². The quantitative estimate of drug-likeness (QED) is 0.411. The van der Waals surface area contributed by atoms with Crippen LogP contribution in [0.15, 0.2) is 60.4 Å². The van der Waals surface area contributed by atoms with Crippen LogP contribution in [-0.2, 0) is 4.79 Å². The number of primary amides is 1. The lowest BCUT2D eigenvalue weighted by molar-refractivity contribution is -0.125. The fraction of sp³-hybridized carbons (Fsp3) is 0.308. The predicted octanol–water partition coefficient (Wildman–Crippen LogP) is 4.75. The Kier molecular flexibility index (Phi) is 7.78. The highest BCUT2D eigenvalue weighted by Crippen LogP contribution is 2.36. The molecule has 1 aliphatic heterocycles. The normalized spacial score (nSPS) is 16.1. The van der Waals surface area contributed by atoms with Gasteiger partial charge in [0.05, 0.1) is 5.02 Å². The Morgan fingerprint density at radius 2 is 1.97 bits per heavy atom. The van der Waals surface area contributed by atoms with Crippen molar-refractivity contribution in [2.75, 3.05) is 24.5 Å². The first-order valence-electron chi connectivity index (χ1n) is 11.8. The van der Waals surface area contributed by atoms with Crippen molar-refractivity contribution in [1.29, 1.82) is 0 Å². The molecule has 1 fully saturated rings. The van der Waals surface area contributed by atoms with E-state index >= 15 is 0 Å². The van der Waals surface area contributed by atoms with Crippen molar-refractivity contribution in [3.05, 3.63) is 65.5 Å². The molecule has 2 aromatic heterocycles. The van der Waals surface area contributed by atoms with E-state index in [-0.39, 0.29) is 5.91 Å². The molecular weight excluding hydrogens is 497 g/mol. The second-order valence-corrected chi connectivity index (χ2v) is 9.47. The molecule has 1 aromatic carbocycles. The molecule has 4 rings (SSSR count). The minimum absolute atomic E-state index is 0.326. The van der Waals surface area contributed by atoms with Crippen molar-refractivity contribution in [1.82, 2.24) is 24.8 Å². The number of hydrogen-bond acceptors (Lipinski definition) is 6. The van der Waals surface area contributed by atoms with E-state index in [9.17, 15) is 4.79 Å². The zero-order chi connectivity index (χ0) is 25.9. The molecule has 8 nitrogen and oxygen atoms in total. The van der Waals surface area contributed by atoms with Gasteiger partial charge in [-0.1, -0.05) is 54.9 Å². The molecule has 0 atom stereocenters. The van der Waals surface area contributed by atoms with E-state index in [4.69, 9.17) is 33.9 Å². The standard InChI is InChI=1S/C26H29Cl2N7O/c1-4-18(11-10-17(3)27)35-22(19-8-6-7-9-20(19)28)33-21-23(30-16-31-24(21)35)34-14-12-26(13-15-34,25(29)36)32-5-2/h4,6-11,16,32H,3,5,12-15H2,1-2H3,(H2,29,36)/b11-10-,18-4+. The van der Waals surface area contributed by atoms with Crippen LogP contribution >= 0.6 is 23.2 Å². The fourth-order valence-corrected chi connectivity index (χ4v) is 4.89. The number of rotatable bonds is 8. The van der Waals surface area contributed by atoms with Crippen LogP contribution in [0, 0.1) is 0 Å². The zero-order valence-corrected chi connectivity index (χ0v) is 21.9. The van der Waals surface area contributed by atoms with Crippen LogP contribution in [0.4, 0.5) is 5.82 Å². The van der Waals surface area contributed by atoms with E-state index in [1.807, 2.05) is 54.8 Å². The van der Waals surface area contributed by atoms with Crippen molar-refractivity contribution in [2.45, 2.75) is 32.2 Å². The molecule has 0 aliphatic carbocycles. The summed E-state index contributed by atoms with van der Waals surface area (Å²) in [5.74, 6) is 1.00.